The molecule has 0 spiro atoms. The Hall–Kier alpha value is -3.79. The first-order chi connectivity index (χ1) is 13.0. The Balaban J connectivity index is 2.03. The van der Waals surface area contributed by atoms with Crippen molar-refractivity contribution >= 4 is 28.9 Å². The van der Waals surface area contributed by atoms with Crippen molar-refractivity contribution in [2.24, 2.45) is 0 Å². The Morgan fingerprint density at radius 3 is 2.41 bits per heavy atom. The van der Waals surface area contributed by atoms with Crippen LogP contribution in [-0.4, -0.2) is 18.4 Å². The predicted molar refractivity (Wildman–Crippen MR) is 104 cm³/mol. The Bertz CT molecular complexity index is 883. The lowest BCUT2D eigenvalue weighted by molar-refractivity contribution is -0.114. The zero-order chi connectivity index (χ0) is 19.6. The van der Waals surface area contributed by atoms with Gasteiger partial charge in [-0.05, 0) is 49.4 Å². The van der Waals surface area contributed by atoms with Gasteiger partial charge >= 0.3 is 0 Å². The average Bonchev–Trinajstić information content (AvgIpc) is 2.64. The molecule has 0 aliphatic heterocycles. The molecule has 0 aliphatic rings. The third-order valence-electron chi connectivity index (χ3n) is 3.35. The summed E-state index contributed by atoms with van der Waals surface area (Å²) in [4.78, 5) is 23.4. The average molecular weight is 364 g/mol. The summed E-state index contributed by atoms with van der Waals surface area (Å²) in [6, 6.07) is 15.7. The van der Waals surface area contributed by atoms with E-state index in [4.69, 9.17) is 4.74 Å². The number of anilines is 3. The molecule has 0 fully saturated rings. The van der Waals surface area contributed by atoms with Crippen molar-refractivity contribution in [2.75, 3.05) is 22.6 Å². The summed E-state index contributed by atoms with van der Waals surface area (Å²) in [5, 5.41) is 17.4. The molecule has 0 heterocycles. The van der Waals surface area contributed by atoms with Crippen LogP contribution in [-0.2, 0) is 9.59 Å². The van der Waals surface area contributed by atoms with Crippen LogP contribution in [0.1, 0.15) is 13.8 Å². The van der Waals surface area contributed by atoms with E-state index < -0.39 is 5.91 Å². The molecule has 7 heteroatoms. The number of carbonyl (C=O) groups is 2. The monoisotopic (exact) mass is 364 g/mol. The second kappa shape index (κ2) is 9.63. The minimum absolute atomic E-state index is 0.0891. The van der Waals surface area contributed by atoms with Gasteiger partial charge in [-0.15, -0.1) is 0 Å². The Kier molecular flexibility index (Phi) is 6.97. The van der Waals surface area contributed by atoms with Crippen LogP contribution in [0.2, 0.25) is 0 Å². The molecule has 138 valence electrons. The van der Waals surface area contributed by atoms with Crippen LogP contribution < -0.4 is 20.7 Å². The van der Waals surface area contributed by atoms with Crippen LogP contribution in [0.3, 0.4) is 0 Å². The van der Waals surface area contributed by atoms with Crippen molar-refractivity contribution < 1.29 is 14.3 Å². The molecule has 3 N–H and O–H groups in total. The molecule has 0 bridgehead atoms. The molecule has 2 rings (SSSR count). The summed E-state index contributed by atoms with van der Waals surface area (Å²) in [7, 11) is 0. The highest BCUT2D eigenvalue weighted by atomic mass is 16.5. The number of ether oxygens (including phenoxy) is 1. The van der Waals surface area contributed by atoms with E-state index in [2.05, 4.69) is 16.0 Å². The second-order valence-electron chi connectivity index (χ2n) is 5.49. The van der Waals surface area contributed by atoms with Gasteiger partial charge in [0.2, 0.25) is 5.91 Å². The van der Waals surface area contributed by atoms with E-state index in [1.807, 2.05) is 13.0 Å². The molecular formula is C20H20N4O3. The van der Waals surface area contributed by atoms with E-state index >= 15 is 0 Å². The lowest BCUT2D eigenvalue weighted by Gasteiger charge is -2.08. The maximum Gasteiger partial charge on any atom is 0.267 e. The number of hydrogen-bond donors (Lipinski definition) is 3. The Labute approximate surface area is 157 Å². The standard InChI is InChI=1S/C20H20N4O3/c1-3-27-19-9-7-16(8-10-19)24-20(26)15(12-21)13-22-17-5-4-6-18(11-17)23-14(2)25/h4-11,13,22H,3H2,1-2H3,(H,23,25)(H,24,26)/b15-13-. The number of nitriles is 1. The molecule has 2 aromatic carbocycles. The van der Waals surface area contributed by atoms with Gasteiger partial charge in [0.1, 0.15) is 17.4 Å². The third kappa shape index (κ3) is 6.21. The second-order valence-corrected chi connectivity index (χ2v) is 5.49. The van der Waals surface area contributed by atoms with Crippen molar-refractivity contribution in [3.63, 3.8) is 0 Å². The minimum atomic E-state index is -0.535. The quantitative estimate of drug-likeness (QED) is 0.515. The molecular weight excluding hydrogens is 344 g/mol. The van der Waals surface area contributed by atoms with Gasteiger partial charge in [-0.3, -0.25) is 9.59 Å². The topological polar surface area (TPSA) is 103 Å². The molecule has 0 aromatic heterocycles. The molecule has 0 saturated carbocycles. The molecule has 0 unspecified atom stereocenters. The van der Waals surface area contributed by atoms with Crippen molar-refractivity contribution in [1.29, 1.82) is 5.26 Å². The summed E-state index contributed by atoms with van der Waals surface area (Å²) in [6.07, 6.45) is 1.32. The van der Waals surface area contributed by atoms with Gasteiger partial charge in [0.05, 0.1) is 6.61 Å². The van der Waals surface area contributed by atoms with Gasteiger partial charge in [-0.2, -0.15) is 5.26 Å². The highest BCUT2D eigenvalue weighted by molar-refractivity contribution is 6.06. The number of nitrogens with zero attached hydrogens (tertiary/aromatic N) is 1. The fourth-order valence-electron chi connectivity index (χ4n) is 2.19. The van der Waals surface area contributed by atoms with E-state index in [1.54, 1.807) is 48.5 Å². The molecule has 7 nitrogen and oxygen atoms in total. The first-order valence-electron chi connectivity index (χ1n) is 8.30. The van der Waals surface area contributed by atoms with Crippen LogP contribution in [0, 0.1) is 11.3 Å². The smallest absolute Gasteiger partial charge is 0.267 e. The first kappa shape index (κ1) is 19.5. The summed E-state index contributed by atoms with van der Waals surface area (Å²) in [5.41, 5.74) is 1.70. The molecule has 0 atom stereocenters. The number of benzene rings is 2. The van der Waals surface area contributed by atoms with Crippen LogP contribution in [0.5, 0.6) is 5.75 Å². The van der Waals surface area contributed by atoms with Crippen molar-refractivity contribution in [3.05, 3.63) is 60.3 Å². The normalized spacial score (nSPS) is 10.5. The fraction of sp³-hybridized carbons (Fsp3) is 0.150. The van der Waals surface area contributed by atoms with E-state index in [0.717, 1.165) is 0 Å². The van der Waals surface area contributed by atoms with Crippen molar-refractivity contribution in [2.45, 2.75) is 13.8 Å². The molecule has 0 aliphatic carbocycles. The van der Waals surface area contributed by atoms with Crippen LogP contribution in [0.15, 0.2) is 60.3 Å². The maximum atomic E-state index is 12.3. The first-order valence-corrected chi connectivity index (χ1v) is 8.30. The van der Waals surface area contributed by atoms with Crippen molar-refractivity contribution in [3.8, 4) is 11.8 Å². The van der Waals surface area contributed by atoms with Gasteiger partial charge in [0, 0.05) is 30.2 Å². The largest absolute Gasteiger partial charge is 0.494 e. The molecule has 27 heavy (non-hydrogen) atoms. The fourth-order valence-corrected chi connectivity index (χ4v) is 2.19. The number of rotatable bonds is 7. The third-order valence-corrected chi connectivity index (χ3v) is 3.35. The van der Waals surface area contributed by atoms with E-state index in [-0.39, 0.29) is 11.5 Å². The highest BCUT2D eigenvalue weighted by Gasteiger charge is 2.09. The number of hydrogen-bond acceptors (Lipinski definition) is 5. The highest BCUT2D eigenvalue weighted by Crippen LogP contribution is 2.17. The summed E-state index contributed by atoms with van der Waals surface area (Å²) >= 11 is 0. The van der Waals surface area contributed by atoms with Crippen molar-refractivity contribution in [1.82, 2.24) is 0 Å². The summed E-state index contributed by atoms with van der Waals surface area (Å²) in [6.45, 7) is 3.86. The van der Waals surface area contributed by atoms with Crippen LogP contribution >= 0.6 is 0 Å². The molecule has 2 aromatic rings. The van der Waals surface area contributed by atoms with Gasteiger partial charge in [0.15, 0.2) is 0 Å². The molecule has 2 amide bonds. The van der Waals surface area contributed by atoms with E-state index in [9.17, 15) is 14.9 Å². The zero-order valence-electron chi connectivity index (χ0n) is 15.1. The lowest BCUT2D eigenvalue weighted by Crippen LogP contribution is -2.14. The van der Waals surface area contributed by atoms with E-state index in [1.165, 1.54) is 13.1 Å². The SMILES string of the molecule is CCOc1ccc(NC(=O)/C(C#N)=C\Nc2cccc(NC(C)=O)c2)cc1. The summed E-state index contributed by atoms with van der Waals surface area (Å²) in [5.74, 6) is -0.0189. The molecule has 0 saturated heterocycles. The van der Waals surface area contributed by atoms with Crippen LogP contribution in [0.4, 0.5) is 17.1 Å². The number of amides is 2. The van der Waals surface area contributed by atoms with Gasteiger partial charge in [-0.25, -0.2) is 0 Å². The van der Waals surface area contributed by atoms with Crippen LogP contribution in [0.25, 0.3) is 0 Å². The van der Waals surface area contributed by atoms with E-state index in [0.29, 0.717) is 29.4 Å². The Morgan fingerprint density at radius 2 is 1.78 bits per heavy atom. The van der Waals surface area contributed by atoms with Gasteiger partial charge in [-0.1, -0.05) is 6.07 Å². The maximum absolute atomic E-state index is 12.3. The molecule has 0 radical (unpaired) electrons. The number of nitrogens with one attached hydrogen (secondary N) is 3. The zero-order valence-corrected chi connectivity index (χ0v) is 15.1. The minimum Gasteiger partial charge on any atom is -0.494 e. The van der Waals surface area contributed by atoms with Gasteiger partial charge < -0.3 is 20.7 Å². The summed E-state index contributed by atoms with van der Waals surface area (Å²) < 4.78 is 5.34. The predicted octanol–water partition coefficient (Wildman–Crippen LogP) is 3.50. The Morgan fingerprint density at radius 1 is 1.07 bits per heavy atom. The lowest BCUT2D eigenvalue weighted by atomic mass is 10.2. The number of carbonyl (C=O) groups excluding carboxylic acids is 2. The van der Waals surface area contributed by atoms with Gasteiger partial charge in [0.25, 0.3) is 5.91 Å².